The Bertz CT molecular complexity index is 695. The fourth-order valence-electron chi connectivity index (χ4n) is 1.69. The molecule has 0 aliphatic rings. The smallest absolute Gasteiger partial charge is 0.265 e. The van der Waals surface area contributed by atoms with E-state index in [1.807, 2.05) is 6.92 Å². The monoisotopic (exact) mass is 283 g/mol. The number of aromatic nitrogens is 2. The van der Waals surface area contributed by atoms with E-state index in [0.717, 1.165) is 6.07 Å². The maximum Gasteiger partial charge on any atom is 0.265 e. The van der Waals surface area contributed by atoms with Crippen LogP contribution in [0.4, 0.5) is 10.1 Å². The van der Waals surface area contributed by atoms with Gasteiger partial charge in [-0.05, 0) is 32.0 Å². The Morgan fingerprint density at radius 2 is 2.16 bits per heavy atom. The van der Waals surface area contributed by atoms with Gasteiger partial charge in [-0.3, -0.25) is 9.40 Å². The van der Waals surface area contributed by atoms with Crippen molar-refractivity contribution >= 4 is 15.7 Å². The van der Waals surface area contributed by atoms with Gasteiger partial charge in [0.25, 0.3) is 10.0 Å². The van der Waals surface area contributed by atoms with Gasteiger partial charge >= 0.3 is 0 Å². The number of hydrogen-bond acceptors (Lipinski definition) is 3. The van der Waals surface area contributed by atoms with E-state index >= 15 is 0 Å². The van der Waals surface area contributed by atoms with Crippen LogP contribution in [0.5, 0.6) is 0 Å². The number of rotatable bonds is 4. The summed E-state index contributed by atoms with van der Waals surface area (Å²) in [5.41, 5.74) is 0.592. The molecule has 1 heterocycles. The molecule has 5 nitrogen and oxygen atoms in total. The van der Waals surface area contributed by atoms with E-state index in [1.54, 1.807) is 6.92 Å². The van der Waals surface area contributed by atoms with E-state index in [4.69, 9.17) is 0 Å². The molecule has 102 valence electrons. The largest absolute Gasteiger partial charge is 0.279 e. The third-order valence-electron chi connectivity index (χ3n) is 2.59. The number of hydrogen-bond donors (Lipinski definition) is 1. The van der Waals surface area contributed by atoms with Gasteiger partial charge in [0, 0.05) is 12.7 Å². The van der Waals surface area contributed by atoms with Crippen LogP contribution in [0.15, 0.2) is 35.4 Å². The average Bonchev–Trinajstić information content (AvgIpc) is 2.71. The van der Waals surface area contributed by atoms with Crippen molar-refractivity contribution in [3.05, 3.63) is 42.0 Å². The topological polar surface area (TPSA) is 64.0 Å². The summed E-state index contributed by atoms with van der Waals surface area (Å²) in [4.78, 5) is 0.0959. The first kappa shape index (κ1) is 13.5. The van der Waals surface area contributed by atoms with Crippen molar-refractivity contribution in [2.24, 2.45) is 0 Å². The van der Waals surface area contributed by atoms with Crippen LogP contribution in [-0.4, -0.2) is 18.2 Å². The Kier molecular flexibility index (Phi) is 3.57. The third kappa shape index (κ3) is 2.93. The van der Waals surface area contributed by atoms with Crippen LogP contribution in [0.2, 0.25) is 0 Å². The van der Waals surface area contributed by atoms with Gasteiger partial charge in [-0.15, -0.1) is 0 Å². The summed E-state index contributed by atoms with van der Waals surface area (Å²) in [5, 5.41) is 4.08. The lowest BCUT2D eigenvalue weighted by atomic mass is 10.3. The number of sulfonamides is 1. The molecule has 2 rings (SSSR count). The van der Waals surface area contributed by atoms with Crippen molar-refractivity contribution in [1.82, 2.24) is 9.78 Å². The van der Waals surface area contributed by atoms with Crippen LogP contribution < -0.4 is 4.72 Å². The van der Waals surface area contributed by atoms with Crippen molar-refractivity contribution < 1.29 is 12.8 Å². The SMILES string of the molecule is CCn1cc(S(=O)(=O)Nc2cccc(F)c2)c(C)n1. The Balaban J connectivity index is 2.34. The van der Waals surface area contributed by atoms with E-state index in [0.29, 0.717) is 12.2 Å². The fourth-order valence-corrected chi connectivity index (χ4v) is 2.92. The molecule has 19 heavy (non-hydrogen) atoms. The lowest BCUT2D eigenvalue weighted by molar-refractivity contribution is 0.600. The van der Waals surface area contributed by atoms with E-state index in [9.17, 15) is 12.8 Å². The number of nitrogens with zero attached hydrogens (tertiary/aromatic N) is 2. The summed E-state index contributed by atoms with van der Waals surface area (Å²) in [6, 6.07) is 5.30. The molecule has 2 aromatic rings. The Labute approximate surface area is 111 Å². The minimum Gasteiger partial charge on any atom is -0.279 e. The maximum atomic E-state index is 13.0. The number of benzene rings is 1. The molecule has 1 aromatic heterocycles. The standard InChI is InChI=1S/C12H14FN3O2S/c1-3-16-8-12(9(2)14-16)19(17,18)15-11-6-4-5-10(13)7-11/h4-8,15H,3H2,1-2H3. The first-order chi connectivity index (χ1) is 8.92. The molecule has 0 bridgehead atoms. The van der Waals surface area contributed by atoms with Crippen molar-refractivity contribution in [1.29, 1.82) is 0 Å². The van der Waals surface area contributed by atoms with E-state index < -0.39 is 15.8 Å². The minimum absolute atomic E-state index is 0.0959. The van der Waals surface area contributed by atoms with Gasteiger partial charge in [0.1, 0.15) is 10.7 Å². The van der Waals surface area contributed by atoms with Crippen LogP contribution in [-0.2, 0) is 16.6 Å². The highest BCUT2D eigenvalue weighted by Crippen LogP contribution is 2.19. The second-order valence-electron chi connectivity index (χ2n) is 4.05. The van der Waals surface area contributed by atoms with Gasteiger partial charge in [0.2, 0.25) is 0 Å². The zero-order chi connectivity index (χ0) is 14.0. The molecule has 0 saturated heterocycles. The van der Waals surface area contributed by atoms with Crippen molar-refractivity contribution in [3.8, 4) is 0 Å². The summed E-state index contributed by atoms with van der Waals surface area (Å²) < 4.78 is 41.3. The van der Waals surface area contributed by atoms with Gasteiger partial charge < -0.3 is 0 Å². The molecule has 0 aliphatic carbocycles. The van der Waals surface area contributed by atoms with Crippen LogP contribution in [0.1, 0.15) is 12.6 Å². The Hall–Kier alpha value is -1.89. The molecule has 0 spiro atoms. The summed E-state index contributed by atoms with van der Waals surface area (Å²) in [6.45, 7) is 4.06. The van der Waals surface area contributed by atoms with Gasteiger partial charge in [-0.25, -0.2) is 12.8 Å². The molecule has 0 fully saturated rings. The number of halogens is 1. The third-order valence-corrected chi connectivity index (χ3v) is 4.08. The van der Waals surface area contributed by atoms with Crippen LogP contribution >= 0.6 is 0 Å². The van der Waals surface area contributed by atoms with Crippen LogP contribution in [0, 0.1) is 12.7 Å². The quantitative estimate of drug-likeness (QED) is 0.935. The average molecular weight is 283 g/mol. The number of aryl methyl sites for hydroxylation is 2. The molecule has 0 unspecified atom stereocenters. The highest BCUT2D eigenvalue weighted by atomic mass is 32.2. The van der Waals surface area contributed by atoms with Gasteiger partial charge in [-0.1, -0.05) is 6.07 Å². The molecule has 0 radical (unpaired) electrons. The molecule has 7 heteroatoms. The Morgan fingerprint density at radius 3 is 2.74 bits per heavy atom. The molecule has 1 N–H and O–H groups in total. The predicted octanol–water partition coefficient (Wildman–Crippen LogP) is 2.15. The second-order valence-corrected chi connectivity index (χ2v) is 5.70. The second kappa shape index (κ2) is 5.00. The maximum absolute atomic E-state index is 13.0. The molecular formula is C12H14FN3O2S. The fraction of sp³-hybridized carbons (Fsp3) is 0.250. The minimum atomic E-state index is -3.75. The van der Waals surface area contributed by atoms with Crippen LogP contribution in [0.3, 0.4) is 0 Å². The first-order valence-electron chi connectivity index (χ1n) is 5.75. The molecule has 0 saturated carbocycles. The van der Waals surface area contributed by atoms with E-state index in [-0.39, 0.29) is 10.6 Å². The highest BCUT2D eigenvalue weighted by Gasteiger charge is 2.20. The van der Waals surface area contributed by atoms with Crippen molar-refractivity contribution in [2.75, 3.05) is 4.72 Å². The zero-order valence-corrected chi connectivity index (χ0v) is 11.4. The summed E-state index contributed by atoms with van der Waals surface area (Å²) in [7, 11) is -3.75. The highest BCUT2D eigenvalue weighted by molar-refractivity contribution is 7.92. The molecule has 0 aliphatic heterocycles. The van der Waals surface area contributed by atoms with Crippen LogP contribution in [0.25, 0.3) is 0 Å². The summed E-state index contributed by atoms with van der Waals surface area (Å²) >= 11 is 0. The first-order valence-corrected chi connectivity index (χ1v) is 7.23. The van der Waals surface area contributed by atoms with Gasteiger partial charge in [0.05, 0.1) is 11.4 Å². The van der Waals surface area contributed by atoms with Gasteiger partial charge in [-0.2, -0.15) is 5.10 Å². The molecule has 1 aromatic carbocycles. The van der Waals surface area contributed by atoms with Crippen molar-refractivity contribution in [3.63, 3.8) is 0 Å². The predicted molar refractivity (Wildman–Crippen MR) is 69.8 cm³/mol. The molecule has 0 amide bonds. The Morgan fingerprint density at radius 1 is 1.42 bits per heavy atom. The van der Waals surface area contributed by atoms with Gasteiger partial charge in [0.15, 0.2) is 0 Å². The summed E-state index contributed by atoms with van der Waals surface area (Å²) in [5.74, 6) is -0.499. The van der Waals surface area contributed by atoms with Crippen molar-refractivity contribution in [2.45, 2.75) is 25.3 Å². The molecular weight excluding hydrogens is 269 g/mol. The normalized spacial score (nSPS) is 11.5. The molecule has 0 atom stereocenters. The van der Waals surface area contributed by atoms with E-state index in [2.05, 4.69) is 9.82 Å². The van der Waals surface area contributed by atoms with E-state index in [1.165, 1.54) is 29.1 Å². The summed E-state index contributed by atoms with van der Waals surface area (Å²) in [6.07, 6.45) is 1.46. The lowest BCUT2D eigenvalue weighted by Gasteiger charge is -2.06. The zero-order valence-electron chi connectivity index (χ0n) is 10.6. The lowest BCUT2D eigenvalue weighted by Crippen LogP contribution is -2.13. The number of nitrogens with one attached hydrogen (secondary N) is 1. The number of anilines is 1.